The molecule has 0 saturated carbocycles. The van der Waals surface area contributed by atoms with Gasteiger partial charge in [-0.25, -0.2) is 9.59 Å². The maximum Gasteiger partial charge on any atom is 0.337 e. The molecule has 0 bridgehead atoms. The molecule has 0 spiro atoms. The second kappa shape index (κ2) is 7.65. The molecular weight excluding hydrogens is 286 g/mol. The van der Waals surface area contributed by atoms with Gasteiger partial charge >= 0.3 is 12.0 Å². The van der Waals surface area contributed by atoms with Crippen molar-refractivity contribution in [2.24, 2.45) is 0 Å². The van der Waals surface area contributed by atoms with Crippen molar-refractivity contribution in [1.29, 1.82) is 0 Å². The van der Waals surface area contributed by atoms with Crippen molar-refractivity contribution < 1.29 is 18.7 Å². The van der Waals surface area contributed by atoms with Crippen molar-refractivity contribution in [2.75, 3.05) is 26.2 Å². The lowest BCUT2D eigenvalue weighted by Crippen LogP contribution is -2.46. The number of amides is 2. The van der Waals surface area contributed by atoms with Gasteiger partial charge in [0.05, 0.1) is 31.5 Å². The van der Waals surface area contributed by atoms with E-state index in [0.29, 0.717) is 31.0 Å². The highest BCUT2D eigenvalue weighted by atomic mass is 16.5. The van der Waals surface area contributed by atoms with E-state index in [-0.39, 0.29) is 12.6 Å². The monoisotopic (exact) mass is 307 g/mol. The predicted octanol–water partition coefficient (Wildman–Crippen LogP) is 1.23. The maximum atomic E-state index is 12.0. The van der Waals surface area contributed by atoms with E-state index < -0.39 is 5.97 Å². The van der Waals surface area contributed by atoms with E-state index in [9.17, 15) is 9.59 Å². The fourth-order valence-electron chi connectivity index (χ4n) is 2.21. The van der Waals surface area contributed by atoms with Crippen LogP contribution in [0.5, 0.6) is 0 Å². The fraction of sp³-hybridized carbons (Fsp3) is 0.467. The number of rotatable bonds is 7. The minimum absolute atomic E-state index is 0.179. The van der Waals surface area contributed by atoms with Gasteiger partial charge in [0.2, 0.25) is 0 Å². The number of furan rings is 1. The molecule has 2 heterocycles. The Kier molecular flexibility index (Phi) is 5.60. The maximum absolute atomic E-state index is 12.0. The van der Waals surface area contributed by atoms with E-state index in [1.165, 1.54) is 0 Å². The van der Waals surface area contributed by atoms with Crippen LogP contribution < -0.4 is 10.6 Å². The van der Waals surface area contributed by atoms with Crippen LogP contribution in [0.4, 0.5) is 4.79 Å². The van der Waals surface area contributed by atoms with Crippen LogP contribution in [0.1, 0.15) is 19.6 Å². The van der Waals surface area contributed by atoms with Crippen molar-refractivity contribution in [2.45, 2.75) is 20.4 Å². The van der Waals surface area contributed by atoms with E-state index in [0.717, 1.165) is 12.3 Å². The third-order valence-electron chi connectivity index (χ3n) is 3.36. The molecule has 1 aliphatic rings. The number of esters is 1. The summed E-state index contributed by atoms with van der Waals surface area (Å²) in [5.74, 6) is 0.430. The molecule has 120 valence electrons. The van der Waals surface area contributed by atoms with E-state index >= 15 is 0 Å². The molecule has 0 saturated heterocycles. The zero-order valence-corrected chi connectivity index (χ0v) is 12.8. The smallest absolute Gasteiger partial charge is 0.337 e. The van der Waals surface area contributed by atoms with Gasteiger partial charge in [0.1, 0.15) is 5.76 Å². The van der Waals surface area contributed by atoms with Crippen LogP contribution in [-0.2, 0) is 16.1 Å². The Morgan fingerprint density at radius 3 is 2.86 bits per heavy atom. The van der Waals surface area contributed by atoms with Crippen LogP contribution in [0.2, 0.25) is 0 Å². The molecule has 1 aromatic heterocycles. The minimum atomic E-state index is -0.404. The summed E-state index contributed by atoms with van der Waals surface area (Å²) in [6.07, 6.45) is 1.62. The lowest BCUT2D eigenvalue weighted by Gasteiger charge is -2.26. The molecule has 2 rings (SSSR count). The van der Waals surface area contributed by atoms with Crippen LogP contribution in [-0.4, -0.2) is 43.1 Å². The molecule has 2 N–H and O–H groups in total. The van der Waals surface area contributed by atoms with Gasteiger partial charge in [-0.05, 0) is 25.6 Å². The molecule has 7 nitrogen and oxygen atoms in total. The SMILES string of the molecule is CCOC(=O)C1=C(CN(CC)Cc2ccco2)NC(=O)NC1. The number of hydrogen-bond acceptors (Lipinski definition) is 5. The first-order valence-electron chi connectivity index (χ1n) is 7.32. The number of hydrogen-bond donors (Lipinski definition) is 2. The molecule has 22 heavy (non-hydrogen) atoms. The first kappa shape index (κ1) is 16.1. The zero-order valence-electron chi connectivity index (χ0n) is 12.8. The second-order valence-corrected chi connectivity index (χ2v) is 4.87. The Balaban J connectivity index is 2.13. The van der Waals surface area contributed by atoms with Crippen LogP contribution in [0.25, 0.3) is 0 Å². The van der Waals surface area contributed by atoms with Crippen molar-refractivity contribution in [3.8, 4) is 0 Å². The standard InChI is InChI=1S/C15H21N3O4/c1-3-18(9-11-6-5-7-22-11)10-13-12(14(19)21-4-2)8-16-15(20)17-13/h5-7H,3-4,8-10H2,1-2H3,(H2,16,17,20). The second-order valence-electron chi connectivity index (χ2n) is 4.87. The number of likely N-dealkylation sites (N-methyl/N-ethyl adjacent to an activating group) is 1. The summed E-state index contributed by atoms with van der Waals surface area (Å²) in [5, 5.41) is 5.30. The molecule has 1 aliphatic heterocycles. The molecule has 1 aromatic rings. The van der Waals surface area contributed by atoms with E-state index in [4.69, 9.17) is 9.15 Å². The van der Waals surface area contributed by atoms with Gasteiger partial charge in [-0.2, -0.15) is 0 Å². The van der Waals surface area contributed by atoms with Crippen LogP contribution >= 0.6 is 0 Å². The Labute approximate surface area is 129 Å². The average Bonchev–Trinajstić information content (AvgIpc) is 3.00. The molecule has 0 fully saturated rings. The molecule has 7 heteroatoms. The van der Waals surface area contributed by atoms with Crippen molar-refractivity contribution in [3.63, 3.8) is 0 Å². The summed E-state index contributed by atoms with van der Waals surface area (Å²) < 4.78 is 10.4. The molecule has 0 aliphatic carbocycles. The first-order chi connectivity index (χ1) is 10.6. The quantitative estimate of drug-likeness (QED) is 0.740. The Morgan fingerprint density at radius 2 is 2.23 bits per heavy atom. The summed E-state index contributed by atoms with van der Waals surface area (Å²) in [5.41, 5.74) is 1.04. The number of nitrogens with one attached hydrogen (secondary N) is 2. The summed E-state index contributed by atoms with van der Waals surface area (Å²) in [4.78, 5) is 25.6. The van der Waals surface area contributed by atoms with Gasteiger partial charge in [0, 0.05) is 12.2 Å². The highest BCUT2D eigenvalue weighted by molar-refractivity contribution is 5.93. The topological polar surface area (TPSA) is 83.8 Å². The number of carbonyl (C=O) groups is 2. The third-order valence-corrected chi connectivity index (χ3v) is 3.36. The average molecular weight is 307 g/mol. The fourth-order valence-corrected chi connectivity index (χ4v) is 2.21. The lowest BCUT2D eigenvalue weighted by molar-refractivity contribution is -0.138. The van der Waals surface area contributed by atoms with Crippen molar-refractivity contribution >= 4 is 12.0 Å². The zero-order chi connectivity index (χ0) is 15.9. The van der Waals surface area contributed by atoms with Gasteiger partial charge in [-0.1, -0.05) is 6.92 Å². The Hall–Kier alpha value is -2.28. The van der Waals surface area contributed by atoms with Crippen molar-refractivity contribution in [3.05, 3.63) is 35.4 Å². The van der Waals surface area contributed by atoms with Crippen LogP contribution in [0.3, 0.4) is 0 Å². The summed E-state index contributed by atoms with van der Waals surface area (Å²) in [7, 11) is 0. The highest BCUT2D eigenvalue weighted by Crippen LogP contribution is 2.12. The summed E-state index contributed by atoms with van der Waals surface area (Å²) >= 11 is 0. The third kappa shape index (κ3) is 4.11. The van der Waals surface area contributed by atoms with Gasteiger partial charge in [-0.15, -0.1) is 0 Å². The molecule has 2 amide bonds. The molecule has 0 unspecified atom stereocenters. The van der Waals surface area contributed by atoms with E-state index in [2.05, 4.69) is 15.5 Å². The largest absolute Gasteiger partial charge is 0.468 e. The number of urea groups is 1. The summed E-state index contributed by atoms with van der Waals surface area (Å²) in [6, 6.07) is 3.42. The normalized spacial score (nSPS) is 14.8. The summed E-state index contributed by atoms with van der Waals surface area (Å²) in [6.45, 7) is 6.04. The molecule has 0 aromatic carbocycles. The molecule has 0 atom stereocenters. The first-order valence-corrected chi connectivity index (χ1v) is 7.32. The number of carbonyl (C=O) groups excluding carboxylic acids is 2. The lowest BCUT2D eigenvalue weighted by atomic mass is 10.1. The van der Waals surface area contributed by atoms with Crippen LogP contribution in [0.15, 0.2) is 34.1 Å². The van der Waals surface area contributed by atoms with Crippen LogP contribution in [0, 0.1) is 0 Å². The van der Waals surface area contributed by atoms with E-state index in [1.54, 1.807) is 13.2 Å². The van der Waals surface area contributed by atoms with Gasteiger partial charge < -0.3 is 19.8 Å². The molecular formula is C15H21N3O4. The van der Waals surface area contributed by atoms with Gasteiger partial charge in [0.15, 0.2) is 0 Å². The van der Waals surface area contributed by atoms with Crippen molar-refractivity contribution in [1.82, 2.24) is 15.5 Å². The van der Waals surface area contributed by atoms with Gasteiger partial charge in [-0.3, -0.25) is 4.90 Å². The highest BCUT2D eigenvalue weighted by Gasteiger charge is 2.24. The Bertz CT molecular complexity index is 551. The van der Waals surface area contributed by atoms with E-state index in [1.807, 2.05) is 19.1 Å². The molecule has 0 radical (unpaired) electrons. The minimum Gasteiger partial charge on any atom is -0.468 e. The predicted molar refractivity (Wildman–Crippen MR) is 79.9 cm³/mol. The Morgan fingerprint density at radius 1 is 1.41 bits per heavy atom. The number of ether oxygens (including phenoxy) is 1. The number of nitrogens with zero attached hydrogens (tertiary/aromatic N) is 1. The van der Waals surface area contributed by atoms with Gasteiger partial charge in [0.25, 0.3) is 0 Å².